The molecule has 5 N–H and O–H groups in total. The SMILES string of the molecule is COC(=O)c1cccc(C(=O)CCC(=O)NS(=O)(=O)OC[C@H]2OC(n3cnc4c(N)ncnc43)[C@H](O)[C@@H]2O)c1. The van der Waals surface area contributed by atoms with Crippen LogP contribution in [0.5, 0.6) is 0 Å². The first-order valence-corrected chi connectivity index (χ1v) is 12.8. The van der Waals surface area contributed by atoms with Crippen LogP contribution in [-0.2, 0) is 28.8 Å². The standard InChI is InChI=1S/C22H24N6O10S/c1-36-22(33)12-4-2-3-11(7-12)13(29)5-6-15(30)27-39(34,35)37-8-14-17(31)18(32)21(38-14)28-10-26-16-19(23)24-9-25-20(16)28/h2-4,7,9-10,14,17-18,21,31-32H,5-6,8H2,1H3,(H,27,30)(H2,23,24,25)/t14-,17-,18-,21?/m1/s1. The zero-order valence-corrected chi connectivity index (χ0v) is 21.1. The summed E-state index contributed by atoms with van der Waals surface area (Å²) in [7, 11) is -3.46. The van der Waals surface area contributed by atoms with Gasteiger partial charge in [0.15, 0.2) is 23.5 Å². The van der Waals surface area contributed by atoms with Crippen LogP contribution in [-0.4, -0.2) is 87.8 Å². The summed E-state index contributed by atoms with van der Waals surface area (Å²) in [6.45, 7) is -0.750. The normalized spacial score (nSPS) is 21.1. The third-order valence-electron chi connectivity index (χ3n) is 5.81. The van der Waals surface area contributed by atoms with Gasteiger partial charge >= 0.3 is 16.3 Å². The molecule has 3 aromatic rings. The number of nitrogens with zero attached hydrogens (tertiary/aromatic N) is 4. The van der Waals surface area contributed by atoms with Crippen LogP contribution in [0, 0.1) is 0 Å². The molecule has 39 heavy (non-hydrogen) atoms. The molecule has 0 aliphatic carbocycles. The van der Waals surface area contributed by atoms with Crippen molar-refractivity contribution in [2.45, 2.75) is 37.4 Å². The van der Waals surface area contributed by atoms with Crippen LogP contribution in [0.4, 0.5) is 5.82 Å². The lowest BCUT2D eigenvalue weighted by Crippen LogP contribution is -2.37. The van der Waals surface area contributed by atoms with E-state index in [9.17, 15) is 33.0 Å². The minimum Gasteiger partial charge on any atom is -0.465 e. The summed E-state index contributed by atoms with van der Waals surface area (Å²) in [5, 5.41) is 20.8. The van der Waals surface area contributed by atoms with Gasteiger partial charge in [-0.3, -0.25) is 18.3 Å². The lowest BCUT2D eigenvalue weighted by Gasteiger charge is -2.16. The molecule has 0 saturated carbocycles. The average molecular weight is 565 g/mol. The highest BCUT2D eigenvalue weighted by Gasteiger charge is 2.45. The summed E-state index contributed by atoms with van der Waals surface area (Å²) in [5.74, 6) is -2.08. The molecule has 0 radical (unpaired) electrons. The molecule has 208 valence electrons. The molecule has 0 spiro atoms. The largest absolute Gasteiger partial charge is 0.465 e. The number of hydrogen-bond acceptors (Lipinski definition) is 14. The van der Waals surface area contributed by atoms with E-state index in [0.29, 0.717) is 0 Å². The Morgan fingerprint density at radius 1 is 1.13 bits per heavy atom. The van der Waals surface area contributed by atoms with E-state index < -0.39 is 65.5 Å². The van der Waals surface area contributed by atoms with Gasteiger partial charge < -0.3 is 25.4 Å². The zero-order valence-electron chi connectivity index (χ0n) is 20.3. The molecular weight excluding hydrogens is 540 g/mol. The van der Waals surface area contributed by atoms with Gasteiger partial charge in [0.05, 0.1) is 25.6 Å². The van der Waals surface area contributed by atoms with Crippen LogP contribution >= 0.6 is 0 Å². The highest BCUT2D eigenvalue weighted by Crippen LogP contribution is 2.32. The first kappa shape index (κ1) is 28.0. The lowest BCUT2D eigenvalue weighted by atomic mass is 10.0. The Bertz CT molecular complexity index is 1510. The van der Waals surface area contributed by atoms with Gasteiger partial charge in [-0.25, -0.2) is 24.5 Å². The van der Waals surface area contributed by atoms with Gasteiger partial charge in [-0.2, -0.15) is 8.42 Å². The maximum Gasteiger partial charge on any atom is 0.362 e. The van der Waals surface area contributed by atoms with Crippen LogP contribution < -0.4 is 10.5 Å². The van der Waals surface area contributed by atoms with E-state index in [1.807, 2.05) is 0 Å². The number of anilines is 1. The molecule has 1 aliphatic rings. The number of esters is 1. The maximum atomic E-state index is 12.4. The Labute approximate surface area is 221 Å². The van der Waals surface area contributed by atoms with Crippen LogP contribution in [0.15, 0.2) is 36.9 Å². The van der Waals surface area contributed by atoms with Crippen molar-refractivity contribution in [1.29, 1.82) is 0 Å². The molecule has 1 saturated heterocycles. The number of nitrogens with two attached hydrogens (primary N) is 1. The van der Waals surface area contributed by atoms with Crippen molar-refractivity contribution in [3.63, 3.8) is 0 Å². The number of fused-ring (bicyclic) bond motifs is 1. The van der Waals surface area contributed by atoms with Gasteiger partial charge in [0.1, 0.15) is 30.2 Å². The monoisotopic (exact) mass is 564 g/mol. The van der Waals surface area contributed by atoms with Crippen LogP contribution in [0.2, 0.25) is 0 Å². The number of ketones is 1. The molecule has 3 heterocycles. The number of aliphatic hydroxyl groups is 2. The number of carbonyl (C=O) groups excluding carboxylic acids is 3. The first-order valence-electron chi connectivity index (χ1n) is 11.4. The number of nitrogen functional groups attached to an aromatic ring is 1. The van der Waals surface area contributed by atoms with Crippen molar-refractivity contribution >= 4 is 44.9 Å². The molecule has 2 aromatic heterocycles. The Hall–Kier alpha value is -4.03. The molecular formula is C22H24N6O10S. The van der Waals surface area contributed by atoms with Crippen molar-refractivity contribution in [1.82, 2.24) is 24.2 Å². The van der Waals surface area contributed by atoms with E-state index in [0.717, 1.165) is 0 Å². The lowest BCUT2D eigenvalue weighted by molar-refractivity contribution is -0.119. The number of amides is 1. The minimum atomic E-state index is -4.66. The van der Waals surface area contributed by atoms with Gasteiger partial charge in [0.25, 0.3) is 0 Å². The topological polar surface area (TPSA) is 235 Å². The van der Waals surface area contributed by atoms with E-state index in [2.05, 4.69) is 19.7 Å². The fourth-order valence-electron chi connectivity index (χ4n) is 3.84. The third kappa shape index (κ3) is 6.18. The van der Waals surface area contributed by atoms with Crippen LogP contribution in [0.25, 0.3) is 11.2 Å². The molecule has 4 atom stereocenters. The number of methoxy groups -OCH3 is 1. The van der Waals surface area contributed by atoms with Gasteiger partial charge in [-0.05, 0) is 12.1 Å². The van der Waals surface area contributed by atoms with Gasteiger partial charge in [-0.15, -0.1) is 0 Å². The smallest absolute Gasteiger partial charge is 0.362 e. The number of Topliss-reactive ketones (excluding diaryl/α,β-unsaturated/α-hetero) is 1. The van der Waals surface area contributed by atoms with Gasteiger partial charge in [0, 0.05) is 18.4 Å². The zero-order chi connectivity index (χ0) is 28.3. The summed E-state index contributed by atoms with van der Waals surface area (Å²) < 4.78 is 42.4. The molecule has 1 amide bonds. The molecule has 1 fully saturated rings. The quantitative estimate of drug-likeness (QED) is 0.168. The number of rotatable bonds is 10. The minimum absolute atomic E-state index is 0.0879. The Morgan fingerprint density at radius 2 is 1.87 bits per heavy atom. The number of aliphatic hydroxyl groups excluding tert-OH is 2. The fourth-order valence-corrected chi connectivity index (χ4v) is 4.59. The van der Waals surface area contributed by atoms with Crippen molar-refractivity contribution in [3.8, 4) is 0 Å². The second-order valence-electron chi connectivity index (χ2n) is 8.39. The van der Waals surface area contributed by atoms with Crippen molar-refractivity contribution in [2.75, 3.05) is 19.5 Å². The van der Waals surface area contributed by atoms with Crippen molar-refractivity contribution < 1.29 is 46.7 Å². The Kier molecular flexibility index (Phi) is 8.17. The van der Waals surface area contributed by atoms with E-state index in [-0.39, 0.29) is 34.5 Å². The van der Waals surface area contributed by atoms with E-state index in [1.54, 1.807) is 4.72 Å². The number of benzene rings is 1. The van der Waals surface area contributed by atoms with E-state index in [1.165, 1.54) is 48.6 Å². The van der Waals surface area contributed by atoms with Crippen molar-refractivity contribution in [2.24, 2.45) is 0 Å². The van der Waals surface area contributed by atoms with Crippen LogP contribution in [0.3, 0.4) is 0 Å². The molecule has 1 unspecified atom stereocenters. The number of nitrogens with one attached hydrogen (secondary N) is 1. The summed E-state index contributed by atoms with van der Waals surface area (Å²) in [6.07, 6.45) is -3.97. The molecule has 4 rings (SSSR count). The van der Waals surface area contributed by atoms with Crippen LogP contribution in [0.1, 0.15) is 39.8 Å². The molecule has 1 aromatic carbocycles. The number of hydrogen-bond donors (Lipinski definition) is 4. The highest BCUT2D eigenvalue weighted by molar-refractivity contribution is 7.85. The van der Waals surface area contributed by atoms with E-state index in [4.69, 9.17) is 14.7 Å². The molecule has 0 bridgehead atoms. The molecule has 17 heteroatoms. The number of imidazole rings is 1. The molecule has 1 aliphatic heterocycles. The molecule has 16 nitrogen and oxygen atoms in total. The summed E-state index contributed by atoms with van der Waals surface area (Å²) in [4.78, 5) is 48.0. The number of ether oxygens (including phenoxy) is 2. The second-order valence-corrected chi connectivity index (χ2v) is 9.74. The Morgan fingerprint density at radius 3 is 2.62 bits per heavy atom. The first-order chi connectivity index (χ1) is 18.5. The predicted molar refractivity (Wildman–Crippen MR) is 130 cm³/mol. The summed E-state index contributed by atoms with van der Waals surface area (Å²) >= 11 is 0. The number of carbonyl (C=O) groups is 3. The highest BCUT2D eigenvalue weighted by atomic mass is 32.2. The van der Waals surface area contributed by atoms with Gasteiger partial charge in [-0.1, -0.05) is 12.1 Å². The number of aromatic nitrogens is 4. The predicted octanol–water partition coefficient (Wildman–Crippen LogP) is -1.14. The summed E-state index contributed by atoms with van der Waals surface area (Å²) in [6, 6.07) is 5.66. The Balaban J connectivity index is 1.30. The van der Waals surface area contributed by atoms with Gasteiger partial charge in [0.2, 0.25) is 5.91 Å². The summed E-state index contributed by atoms with van der Waals surface area (Å²) in [5.41, 5.74) is 6.49. The van der Waals surface area contributed by atoms with Crippen molar-refractivity contribution in [3.05, 3.63) is 48.0 Å². The third-order valence-corrected chi connectivity index (χ3v) is 6.73. The fraction of sp³-hybridized carbons (Fsp3) is 0.364. The average Bonchev–Trinajstić information content (AvgIpc) is 3.47. The second kappa shape index (κ2) is 11.4. The van der Waals surface area contributed by atoms with E-state index >= 15 is 0 Å². The maximum absolute atomic E-state index is 12.4.